The molecular weight excluding hydrogens is 394 g/mol. The molecule has 0 spiro atoms. The zero-order valence-electron chi connectivity index (χ0n) is 19.3. The van der Waals surface area contributed by atoms with Gasteiger partial charge in [-0.05, 0) is 53.0 Å². The van der Waals surface area contributed by atoms with Crippen LogP contribution in [0.15, 0.2) is 30.1 Å². The van der Waals surface area contributed by atoms with Crippen molar-refractivity contribution in [2.24, 2.45) is 5.41 Å². The molecule has 0 fully saturated rings. The highest BCUT2D eigenvalue weighted by Gasteiger charge is 2.36. The second-order valence-electron chi connectivity index (χ2n) is 9.76. The molecule has 1 aromatic rings. The molecule has 1 heterocycles. The van der Waals surface area contributed by atoms with Crippen LogP contribution in [0.5, 0.6) is 0 Å². The summed E-state index contributed by atoms with van der Waals surface area (Å²) in [7, 11) is 1.74. The highest BCUT2D eigenvalue weighted by Crippen LogP contribution is 2.35. The van der Waals surface area contributed by atoms with Gasteiger partial charge in [-0.3, -0.25) is 9.59 Å². The number of nitrogens with zero attached hydrogens (tertiary/aromatic N) is 1. The Labute approximate surface area is 183 Å². The molecule has 3 rings (SSSR count). The lowest BCUT2D eigenvalue weighted by atomic mass is 9.76. The van der Waals surface area contributed by atoms with Crippen molar-refractivity contribution in [2.75, 3.05) is 7.05 Å². The summed E-state index contributed by atoms with van der Waals surface area (Å²) in [4.78, 5) is 42.2. The fraction of sp³-hybridized carbons (Fsp3) is 0.542. The van der Waals surface area contributed by atoms with E-state index in [4.69, 9.17) is 4.74 Å². The van der Waals surface area contributed by atoms with Crippen LogP contribution in [0, 0.1) is 5.41 Å². The Kier molecular flexibility index (Phi) is 6.16. The number of aromatic nitrogens is 1. The molecule has 0 bridgehead atoms. The van der Waals surface area contributed by atoms with Crippen molar-refractivity contribution in [3.05, 3.63) is 46.9 Å². The Hall–Kier alpha value is -2.83. The first-order valence-electron chi connectivity index (χ1n) is 10.8. The van der Waals surface area contributed by atoms with Crippen LogP contribution in [0.2, 0.25) is 0 Å². The summed E-state index contributed by atoms with van der Waals surface area (Å²) < 4.78 is 5.49. The van der Waals surface area contributed by atoms with E-state index in [1.165, 1.54) is 0 Å². The van der Waals surface area contributed by atoms with Gasteiger partial charge in [0.25, 0.3) is 5.91 Å². The topological polar surface area (TPSA) is 91.5 Å². The van der Waals surface area contributed by atoms with E-state index in [2.05, 4.69) is 17.2 Å². The number of fused-ring (bicyclic) bond motifs is 1. The van der Waals surface area contributed by atoms with Crippen LogP contribution in [0.25, 0.3) is 0 Å². The summed E-state index contributed by atoms with van der Waals surface area (Å²) in [6.07, 6.45) is 9.84. The fourth-order valence-electron chi connectivity index (χ4n) is 3.99. The predicted octanol–water partition coefficient (Wildman–Crippen LogP) is 4.37. The van der Waals surface area contributed by atoms with Crippen LogP contribution in [0.1, 0.15) is 80.3 Å². The highest BCUT2D eigenvalue weighted by atomic mass is 16.6. The van der Waals surface area contributed by atoms with E-state index in [1.807, 2.05) is 45.9 Å². The van der Waals surface area contributed by atoms with E-state index < -0.39 is 5.60 Å². The standard InChI is InChI=1S/C24H33N3O4/c1-15(27(6)22(30)31-23(2,3)4)24(5)12-10-16(11-13-24)26-21(29)17-14-25-18-8-7-9-19(28)20(17)18/h10-12,14-15,25H,7-9,13H2,1-6H3,(H,26,29). The molecular formula is C24H33N3O4. The van der Waals surface area contributed by atoms with Crippen molar-refractivity contribution in [1.82, 2.24) is 15.2 Å². The predicted molar refractivity (Wildman–Crippen MR) is 119 cm³/mol. The molecule has 7 nitrogen and oxygen atoms in total. The summed E-state index contributed by atoms with van der Waals surface area (Å²) in [5.41, 5.74) is 1.61. The van der Waals surface area contributed by atoms with Crippen LogP contribution >= 0.6 is 0 Å². The lowest BCUT2D eigenvalue weighted by molar-refractivity contribution is 0.0140. The van der Waals surface area contributed by atoms with E-state index in [-0.39, 0.29) is 29.2 Å². The van der Waals surface area contributed by atoms with Gasteiger partial charge in [-0.2, -0.15) is 0 Å². The van der Waals surface area contributed by atoms with Gasteiger partial charge in [-0.1, -0.05) is 19.1 Å². The number of H-pyrrole nitrogens is 1. The smallest absolute Gasteiger partial charge is 0.410 e. The molecule has 0 aromatic carbocycles. The molecule has 0 radical (unpaired) electrons. The average Bonchev–Trinajstić information content (AvgIpc) is 3.13. The average molecular weight is 428 g/mol. The SMILES string of the molecule is CC(N(C)C(=O)OC(C)(C)C)C1(C)C=CC(NC(=O)c2c[nH]c3c2C(=O)CCC3)=CC1. The normalized spacial score (nSPS) is 21.7. The van der Waals surface area contributed by atoms with E-state index in [0.717, 1.165) is 18.5 Å². The van der Waals surface area contributed by atoms with Gasteiger partial charge in [-0.25, -0.2) is 4.79 Å². The molecule has 2 N–H and O–H groups in total. The van der Waals surface area contributed by atoms with Gasteiger partial charge in [0, 0.05) is 42.5 Å². The quantitative estimate of drug-likeness (QED) is 0.746. The molecule has 1 aromatic heterocycles. The first-order valence-corrected chi connectivity index (χ1v) is 10.8. The zero-order valence-corrected chi connectivity index (χ0v) is 19.3. The van der Waals surface area contributed by atoms with E-state index in [0.29, 0.717) is 29.7 Å². The van der Waals surface area contributed by atoms with Gasteiger partial charge in [0.2, 0.25) is 0 Å². The lowest BCUT2D eigenvalue weighted by Crippen LogP contribution is -2.47. The zero-order chi connectivity index (χ0) is 23.0. The number of nitrogens with one attached hydrogen (secondary N) is 2. The molecule has 2 amide bonds. The number of hydrogen-bond acceptors (Lipinski definition) is 4. The van der Waals surface area contributed by atoms with Gasteiger partial charge in [0.1, 0.15) is 5.60 Å². The maximum atomic E-state index is 12.8. The minimum atomic E-state index is -0.551. The molecule has 0 saturated carbocycles. The summed E-state index contributed by atoms with van der Waals surface area (Å²) >= 11 is 0. The number of allylic oxidation sites excluding steroid dienone is 2. The number of aryl methyl sites for hydroxylation is 1. The van der Waals surface area contributed by atoms with Crippen molar-refractivity contribution in [3.63, 3.8) is 0 Å². The molecule has 31 heavy (non-hydrogen) atoms. The number of carbonyl (C=O) groups excluding carboxylic acids is 3. The Morgan fingerprint density at radius 1 is 1.29 bits per heavy atom. The van der Waals surface area contributed by atoms with Crippen molar-refractivity contribution in [3.8, 4) is 0 Å². The van der Waals surface area contributed by atoms with Gasteiger partial charge in [0.15, 0.2) is 5.78 Å². The summed E-state index contributed by atoms with van der Waals surface area (Å²) in [5.74, 6) is -0.265. The minimum Gasteiger partial charge on any atom is -0.444 e. The van der Waals surface area contributed by atoms with Gasteiger partial charge >= 0.3 is 6.09 Å². The summed E-state index contributed by atoms with van der Waals surface area (Å²) in [6, 6.07) is -0.110. The van der Waals surface area contributed by atoms with E-state index >= 15 is 0 Å². The maximum Gasteiger partial charge on any atom is 0.410 e. The minimum absolute atomic E-state index is 0.0207. The molecule has 0 saturated heterocycles. The number of ether oxygens (including phenoxy) is 1. The van der Waals surface area contributed by atoms with Gasteiger partial charge in [0.05, 0.1) is 11.1 Å². The molecule has 2 unspecified atom stereocenters. The molecule has 7 heteroatoms. The molecule has 2 atom stereocenters. The van der Waals surface area contributed by atoms with Crippen molar-refractivity contribution in [1.29, 1.82) is 0 Å². The van der Waals surface area contributed by atoms with Crippen LogP contribution in [-0.4, -0.2) is 46.4 Å². The first-order chi connectivity index (χ1) is 14.4. The number of carbonyl (C=O) groups is 3. The Balaban J connectivity index is 1.65. The molecule has 2 aliphatic rings. The van der Waals surface area contributed by atoms with Crippen LogP contribution in [0.3, 0.4) is 0 Å². The molecule has 168 valence electrons. The van der Waals surface area contributed by atoms with E-state index in [1.54, 1.807) is 18.1 Å². The highest BCUT2D eigenvalue weighted by molar-refractivity contribution is 6.09. The Bertz CT molecular complexity index is 951. The van der Waals surface area contributed by atoms with Crippen molar-refractivity contribution in [2.45, 2.75) is 71.9 Å². The number of ketones is 1. The second-order valence-corrected chi connectivity index (χ2v) is 9.76. The molecule has 2 aliphatic carbocycles. The van der Waals surface area contributed by atoms with Crippen molar-refractivity contribution < 1.29 is 19.1 Å². The second kappa shape index (κ2) is 8.36. The lowest BCUT2D eigenvalue weighted by Gasteiger charge is -2.40. The largest absolute Gasteiger partial charge is 0.444 e. The number of amides is 2. The summed E-state index contributed by atoms with van der Waals surface area (Å²) in [6.45, 7) is 9.60. The number of hydrogen-bond donors (Lipinski definition) is 2. The first kappa shape index (κ1) is 22.8. The van der Waals surface area contributed by atoms with Gasteiger partial charge in [-0.15, -0.1) is 0 Å². The third-order valence-electron chi connectivity index (χ3n) is 6.20. The Morgan fingerprint density at radius 2 is 2.00 bits per heavy atom. The number of rotatable bonds is 4. The third-order valence-corrected chi connectivity index (χ3v) is 6.20. The van der Waals surface area contributed by atoms with Crippen LogP contribution in [-0.2, 0) is 11.2 Å². The molecule has 0 aliphatic heterocycles. The Morgan fingerprint density at radius 3 is 2.61 bits per heavy atom. The maximum absolute atomic E-state index is 12.8. The summed E-state index contributed by atoms with van der Waals surface area (Å²) in [5, 5.41) is 2.91. The van der Waals surface area contributed by atoms with Crippen LogP contribution < -0.4 is 5.32 Å². The van der Waals surface area contributed by atoms with Crippen LogP contribution in [0.4, 0.5) is 4.79 Å². The van der Waals surface area contributed by atoms with Crippen molar-refractivity contribution >= 4 is 17.8 Å². The van der Waals surface area contributed by atoms with E-state index in [9.17, 15) is 14.4 Å². The fourth-order valence-corrected chi connectivity index (χ4v) is 3.99. The van der Waals surface area contributed by atoms with Gasteiger partial charge < -0.3 is 19.9 Å². The third kappa shape index (κ3) is 4.92. The number of Topliss-reactive ketones (excluding diaryl/α,β-unsaturated/α-hetero) is 1. The number of aromatic amines is 1. The monoisotopic (exact) mass is 427 g/mol.